The smallest absolute Gasteiger partial charge is 0.229 e. The van der Waals surface area contributed by atoms with E-state index in [2.05, 4.69) is 45.3 Å². The van der Waals surface area contributed by atoms with Crippen LogP contribution < -0.4 is 5.32 Å². The average molecular weight is 366 g/mol. The van der Waals surface area contributed by atoms with Gasteiger partial charge in [-0.2, -0.15) is 4.98 Å². The molecule has 3 rings (SSSR count). The molecule has 0 radical (unpaired) electrons. The first-order chi connectivity index (χ1) is 11.7. The van der Waals surface area contributed by atoms with Crippen LogP contribution in [0.25, 0.3) is 0 Å². The predicted molar refractivity (Wildman–Crippen MR) is 99.6 cm³/mol. The highest BCUT2D eigenvalue weighted by molar-refractivity contribution is 5.85. The molecule has 1 aliphatic rings. The molecule has 1 aliphatic heterocycles. The van der Waals surface area contributed by atoms with Crippen molar-refractivity contribution >= 4 is 12.4 Å². The van der Waals surface area contributed by atoms with E-state index < -0.39 is 0 Å². The van der Waals surface area contributed by atoms with Gasteiger partial charge < -0.3 is 9.84 Å². The van der Waals surface area contributed by atoms with Crippen molar-refractivity contribution in [3.8, 4) is 0 Å². The van der Waals surface area contributed by atoms with Crippen LogP contribution in [0.1, 0.15) is 56.4 Å². The zero-order valence-electron chi connectivity index (χ0n) is 15.0. The van der Waals surface area contributed by atoms with E-state index in [1.165, 1.54) is 12.8 Å². The molecule has 1 saturated heterocycles. The third kappa shape index (κ3) is 5.76. The summed E-state index contributed by atoms with van der Waals surface area (Å²) in [5.41, 5.74) is 1.09. The Kier molecular flexibility index (Phi) is 7.81. The molecule has 7 heteroatoms. The second-order valence-electron chi connectivity index (χ2n) is 6.76. The molecule has 1 fully saturated rings. The molecule has 1 N–H and O–H groups in total. The minimum Gasteiger partial charge on any atom is -0.339 e. The molecule has 2 aromatic heterocycles. The van der Waals surface area contributed by atoms with Gasteiger partial charge in [0.05, 0.1) is 12.2 Å². The molecule has 0 spiro atoms. The zero-order valence-corrected chi connectivity index (χ0v) is 15.8. The lowest BCUT2D eigenvalue weighted by molar-refractivity contribution is 0.156. The second kappa shape index (κ2) is 9.85. The van der Waals surface area contributed by atoms with E-state index >= 15 is 0 Å². The highest BCUT2D eigenvalue weighted by Gasteiger charge is 2.23. The van der Waals surface area contributed by atoms with Crippen molar-refractivity contribution in [2.45, 2.75) is 58.2 Å². The molecule has 1 atom stereocenters. The Morgan fingerprint density at radius 2 is 2.12 bits per heavy atom. The number of nitrogens with zero attached hydrogens (tertiary/aromatic N) is 4. The van der Waals surface area contributed by atoms with Gasteiger partial charge in [0.25, 0.3) is 0 Å². The van der Waals surface area contributed by atoms with Crippen LogP contribution in [0.2, 0.25) is 0 Å². The van der Waals surface area contributed by atoms with Gasteiger partial charge in [-0.15, -0.1) is 12.4 Å². The van der Waals surface area contributed by atoms with Crippen molar-refractivity contribution < 1.29 is 4.52 Å². The fraction of sp³-hybridized carbons (Fsp3) is 0.611. The molecule has 138 valence electrons. The molecule has 0 aliphatic carbocycles. The summed E-state index contributed by atoms with van der Waals surface area (Å²) in [6.07, 6.45) is 5.39. The van der Waals surface area contributed by atoms with E-state index in [0.29, 0.717) is 18.5 Å². The van der Waals surface area contributed by atoms with Gasteiger partial charge in [0.1, 0.15) is 0 Å². The first kappa shape index (κ1) is 19.8. The number of rotatable bonds is 6. The van der Waals surface area contributed by atoms with Crippen LogP contribution in [0.5, 0.6) is 0 Å². The molecule has 2 aromatic rings. The molecular formula is C18H28ClN5O. The summed E-state index contributed by atoms with van der Waals surface area (Å²) < 4.78 is 5.37. The highest BCUT2D eigenvalue weighted by Crippen LogP contribution is 2.19. The highest BCUT2D eigenvalue weighted by atomic mass is 35.5. The Morgan fingerprint density at radius 3 is 2.84 bits per heavy atom. The number of pyridine rings is 1. The maximum atomic E-state index is 5.37. The lowest BCUT2D eigenvalue weighted by Crippen LogP contribution is -2.35. The van der Waals surface area contributed by atoms with E-state index in [0.717, 1.165) is 37.6 Å². The number of halogens is 1. The Hall–Kier alpha value is -1.50. The number of hydrogen-bond donors (Lipinski definition) is 1. The van der Waals surface area contributed by atoms with E-state index in [-0.39, 0.29) is 18.3 Å². The van der Waals surface area contributed by atoms with Gasteiger partial charge in [0.2, 0.25) is 5.89 Å². The van der Waals surface area contributed by atoms with E-state index in [4.69, 9.17) is 4.52 Å². The summed E-state index contributed by atoms with van der Waals surface area (Å²) in [5.74, 6) is 1.75. The number of hydrogen-bond acceptors (Lipinski definition) is 6. The minimum absolute atomic E-state index is 0. The van der Waals surface area contributed by atoms with Crippen molar-refractivity contribution in [1.29, 1.82) is 0 Å². The first-order valence-corrected chi connectivity index (χ1v) is 8.89. The van der Waals surface area contributed by atoms with E-state index in [1.807, 2.05) is 18.3 Å². The van der Waals surface area contributed by atoms with Gasteiger partial charge >= 0.3 is 0 Å². The lowest BCUT2D eigenvalue weighted by atomic mass is 10.1. The normalized spacial score (nSPS) is 18.2. The molecule has 1 unspecified atom stereocenters. The Labute approximate surface area is 155 Å². The lowest BCUT2D eigenvalue weighted by Gasteiger charge is -2.29. The average Bonchev–Trinajstić information content (AvgIpc) is 2.89. The monoisotopic (exact) mass is 365 g/mol. The fourth-order valence-corrected chi connectivity index (χ4v) is 3.13. The summed E-state index contributed by atoms with van der Waals surface area (Å²) in [5, 5.41) is 7.66. The first-order valence-electron chi connectivity index (χ1n) is 8.89. The van der Waals surface area contributed by atoms with Crippen LogP contribution in [0.4, 0.5) is 0 Å². The molecule has 0 aromatic carbocycles. The van der Waals surface area contributed by atoms with Gasteiger partial charge in [-0.3, -0.25) is 9.88 Å². The largest absolute Gasteiger partial charge is 0.339 e. The summed E-state index contributed by atoms with van der Waals surface area (Å²) in [6, 6.07) is 6.60. The minimum atomic E-state index is 0. The maximum absolute atomic E-state index is 5.37. The van der Waals surface area contributed by atoms with Crippen LogP contribution in [-0.2, 0) is 13.1 Å². The Morgan fingerprint density at radius 1 is 1.24 bits per heavy atom. The topological polar surface area (TPSA) is 67.1 Å². The van der Waals surface area contributed by atoms with Gasteiger partial charge in [0.15, 0.2) is 5.82 Å². The molecule has 3 heterocycles. The Balaban J connectivity index is 0.00000225. The molecule has 25 heavy (non-hydrogen) atoms. The van der Waals surface area contributed by atoms with Crippen LogP contribution >= 0.6 is 12.4 Å². The van der Waals surface area contributed by atoms with Crippen molar-refractivity contribution in [2.24, 2.45) is 0 Å². The summed E-state index contributed by atoms with van der Waals surface area (Å²) in [6.45, 7) is 7.83. The Bertz CT molecular complexity index is 611. The van der Waals surface area contributed by atoms with Gasteiger partial charge in [-0.1, -0.05) is 25.1 Å². The van der Waals surface area contributed by atoms with Gasteiger partial charge in [0, 0.05) is 24.7 Å². The van der Waals surface area contributed by atoms with Crippen molar-refractivity contribution in [1.82, 2.24) is 25.3 Å². The summed E-state index contributed by atoms with van der Waals surface area (Å²) >= 11 is 0. The van der Waals surface area contributed by atoms with Crippen LogP contribution in [0.3, 0.4) is 0 Å². The standard InChI is InChI=1S/C18H27N5O.ClH/c1-14(2)18-21-17(22-24-18)13-23(12-15-6-3-4-10-20-15)16-7-5-9-19-11-8-16;/h3-4,6,10,14,16,19H,5,7-9,11-13H2,1-2H3;1H. The van der Waals surface area contributed by atoms with E-state index in [9.17, 15) is 0 Å². The number of aromatic nitrogens is 3. The van der Waals surface area contributed by atoms with Crippen molar-refractivity contribution in [3.05, 3.63) is 41.8 Å². The van der Waals surface area contributed by atoms with Crippen molar-refractivity contribution in [2.75, 3.05) is 13.1 Å². The second-order valence-corrected chi connectivity index (χ2v) is 6.76. The summed E-state index contributed by atoms with van der Waals surface area (Å²) in [7, 11) is 0. The third-order valence-corrected chi connectivity index (χ3v) is 4.48. The van der Waals surface area contributed by atoms with Gasteiger partial charge in [-0.05, 0) is 44.5 Å². The van der Waals surface area contributed by atoms with Crippen LogP contribution in [0, 0.1) is 0 Å². The van der Waals surface area contributed by atoms with Crippen LogP contribution in [-0.4, -0.2) is 39.2 Å². The fourth-order valence-electron chi connectivity index (χ4n) is 3.13. The van der Waals surface area contributed by atoms with E-state index in [1.54, 1.807) is 0 Å². The van der Waals surface area contributed by atoms with Gasteiger partial charge in [-0.25, -0.2) is 0 Å². The van der Waals surface area contributed by atoms with Crippen molar-refractivity contribution in [3.63, 3.8) is 0 Å². The molecule has 0 bridgehead atoms. The summed E-state index contributed by atoms with van der Waals surface area (Å²) in [4.78, 5) is 11.5. The van der Waals surface area contributed by atoms with Crippen LogP contribution in [0.15, 0.2) is 28.9 Å². The SMILES string of the molecule is CC(C)c1nc(CN(Cc2ccccn2)C2CCCNCC2)no1.Cl. The molecule has 0 amide bonds. The number of nitrogens with one attached hydrogen (secondary N) is 1. The molecule has 0 saturated carbocycles. The zero-order chi connectivity index (χ0) is 16.8. The molecule has 6 nitrogen and oxygen atoms in total. The predicted octanol–water partition coefficient (Wildman–Crippen LogP) is 3.15. The third-order valence-electron chi connectivity index (χ3n) is 4.48. The molecular weight excluding hydrogens is 338 g/mol. The maximum Gasteiger partial charge on any atom is 0.229 e. The quantitative estimate of drug-likeness (QED) is 0.848.